The highest BCUT2D eigenvalue weighted by Crippen LogP contribution is 2.34. The first-order chi connectivity index (χ1) is 7.09. The second-order valence-electron chi connectivity index (χ2n) is 3.54. The predicted molar refractivity (Wildman–Crippen MR) is 58.1 cm³/mol. The summed E-state index contributed by atoms with van der Waals surface area (Å²) in [6.07, 6.45) is 0. The molecular formula is C10H13N3O2. The largest absolute Gasteiger partial charge is 0.489 e. The summed E-state index contributed by atoms with van der Waals surface area (Å²) in [5.74, 6) is 0.181. The average molecular weight is 207 g/mol. The van der Waals surface area contributed by atoms with E-state index in [4.69, 9.17) is 16.2 Å². The van der Waals surface area contributed by atoms with Crippen molar-refractivity contribution < 1.29 is 9.53 Å². The number of nitrogens with two attached hydrogens (primary N) is 2. The number of anilines is 2. The Morgan fingerprint density at radius 1 is 1.53 bits per heavy atom. The van der Waals surface area contributed by atoms with Crippen LogP contribution in [0.3, 0.4) is 0 Å². The van der Waals surface area contributed by atoms with Crippen LogP contribution in [0.15, 0.2) is 12.1 Å². The van der Waals surface area contributed by atoms with Gasteiger partial charge in [0.1, 0.15) is 12.4 Å². The molecule has 2 rings (SSSR count). The lowest BCUT2D eigenvalue weighted by molar-refractivity contribution is 0.100. The van der Waals surface area contributed by atoms with E-state index in [1.807, 2.05) is 11.9 Å². The van der Waals surface area contributed by atoms with E-state index >= 15 is 0 Å². The van der Waals surface area contributed by atoms with Crippen molar-refractivity contribution in [1.82, 2.24) is 0 Å². The van der Waals surface area contributed by atoms with E-state index in [0.29, 0.717) is 23.6 Å². The van der Waals surface area contributed by atoms with Gasteiger partial charge in [-0.05, 0) is 6.07 Å². The van der Waals surface area contributed by atoms with Crippen LogP contribution in [-0.4, -0.2) is 26.1 Å². The highest BCUT2D eigenvalue weighted by atomic mass is 16.5. The molecule has 4 N–H and O–H groups in total. The highest BCUT2D eigenvalue weighted by Gasteiger charge is 2.18. The molecule has 0 unspecified atom stereocenters. The van der Waals surface area contributed by atoms with Crippen molar-refractivity contribution in [2.75, 3.05) is 30.8 Å². The minimum absolute atomic E-state index is 0.339. The number of rotatable bonds is 1. The van der Waals surface area contributed by atoms with Gasteiger partial charge < -0.3 is 21.1 Å². The summed E-state index contributed by atoms with van der Waals surface area (Å²) in [6.45, 7) is 1.41. The molecule has 1 aromatic carbocycles. The van der Waals surface area contributed by atoms with Gasteiger partial charge in [0.25, 0.3) is 5.91 Å². The number of amides is 1. The summed E-state index contributed by atoms with van der Waals surface area (Å²) in [5.41, 5.74) is 12.5. The lowest BCUT2D eigenvalue weighted by atomic mass is 10.1. The summed E-state index contributed by atoms with van der Waals surface area (Å²) >= 11 is 0. The molecule has 0 fully saturated rings. The Hall–Kier alpha value is -1.91. The van der Waals surface area contributed by atoms with Crippen molar-refractivity contribution in [3.8, 4) is 5.75 Å². The summed E-state index contributed by atoms with van der Waals surface area (Å²) in [5, 5.41) is 0. The molecule has 0 atom stereocenters. The molecule has 0 aliphatic carbocycles. The van der Waals surface area contributed by atoms with E-state index in [0.717, 1.165) is 12.2 Å². The maximum Gasteiger partial charge on any atom is 0.250 e. The van der Waals surface area contributed by atoms with Crippen molar-refractivity contribution in [1.29, 1.82) is 0 Å². The number of fused-ring (bicyclic) bond motifs is 1. The number of likely N-dealkylation sites (N-methyl/N-ethyl adjacent to an activating group) is 1. The Balaban J connectivity index is 2.55. The van der Waals surface area contributed by atoms with Gasteiger partial charge in [-0.1, -0.05) is 0 Å². The number of hydrogen-bond acceptors (Lipinski definition) is 4. The lowest BCUT2D eigenvalue weighted by Gasteiger charge is -2.28. The van der Waals surface area contributed by atoms with Gasteiger partial charge in [0.15, 0.2) is 0 Å². The number of primary amides is 1. The zero-order chi connectivity index (χ0) is 11.0. The fraction of sp³-hybridized carbons (Fsp3) is 0.300. The number of carbonyl (C=O) groups is 1. The van der Waals surface area contributed by atoms with Crippen LogP contribution >= 0.6 is 0 Å². The van der Waals surface area contributed by atoms with E-state index in [2.05, 4.69) is 0 Å². The van der Waals surface area contributed by atoms with Crippen molar-refractivity contribution in [3.63, 3.8) is 0 Å². The van der Waals surface area contributed by atoms with E-state index < -0.39 is 5.91 Å². The van der Waals surface area contributed by atoms with E-state index in [1.54, 1.807) is 12.1 Å². The zero-order valence-corrected chi connectivity index (χ0v) is 8.49. The van der Waals surface area contributed by atoms with Crippen LogP contribution in [0, 0.1) is 0 Å². The van der Waals surface area contributed by atoms with Crippen molar-refractivity contribution in [2.24, 2.45) is 5.73 Å². The zero-order valence-electron chi connectivity index (χ0n) is 8.49. The quantitative estimate of drug-likeness (QED) is 0.644. The molecule has 5 nitrogen and oxygen atoms in total. The van der Waals surface area contributed by atoms with Gasteiger partial charge in [-0.25, -0.2) is 0 Å². The minimum atomic E-state index is -0.519. The van der Waals surface area contributed by atoms with Crippen molar-refractivity contribution in [2.45, 2.75) is 0 Å². The van der Waals surface area contributed by atoms with Crippen LogP contribution in [0.25, 0.3) is 0 Å². The normalized spacial score (nSPS) is 14.3. The number of carbonyl (C=O) groups excluding carboxylic acids is 1. The standard InChI is InChI=1S/C10H13N3O2/c1-13-2-3-15-9-5-7(11)6(10(12)14)4-8(9)13/h4-5H,2-3,11H2,1H3,(H2,12,14). The van der Waals surface area contributed by atoms with Crippen LogP contribution in [0.5, 0.6) is 5.75 Å². The Labute approximate surface area is 87.6 Å². The topological polar surface area (TPSA) is 81.6 Å². The first kappa shape index (κ1) is 9.64. The summed E-state index contributed by atoms with van der Waals surface area (Å²) in [4.78, 5) is 13.1. The number of hydrogen-bond donors (Lipinski definition) is 2. The fourth-order valence-corrected chi connectivity index (χ4v) is 1.62. The molecule has 0 saturated carbocycles. The van der Waals surface area contributed by atoms with Gasteiger partial charge in [-0.3, -0.25) is 4.79 Å². The van der Waals surface area contributed by atoms with E-state index in [9.17, 15) is 4.79 Å². The van der Waals surface area contributed by atoms with Gasteiger partial charge in [0, 0.05) is 18.8 Å². The molecule has 1 aliphatic rings. The molecule has 1 amide bonds. The van der Waals surface area contributed by atoms with Gasteiger partial charge in [0.05, 0.1) is 17.8 Å². The molecule has 5 heteroatoms. The van der Waals surface area contributed by atoms with Crippen LogP contribution < -0.4 is 21.1 Å². The van der Waals surface area contributed by atoms with Gasteiger partial charge in [-0.2, -0.15) is 0 Å². The highest BCUT2D eigenvalue weighted by molar-refractivity contribution is 5.99. The second kappa shape index (κ2) is 3.34. The first-order valence-corrected chi connectivity index (χ1v) is 4.67. The number of benzene rings is 1. The number of ether oxygens (including phenoxy) is 1. The Morgan fingerprint density at radius 3 is 2.93 bits per heavy atom. The van der Waals surface area contributed by atoms with Gasteiger partial charge in [-0.15, -0.1) is 0 Å². The molecule has 0 aromatic heterocycles. The molecule has 1 aliphatic heterocycles. The van der Waals surface area contributed by atoms with E-state index in [1.165, 1.54) is 0 Å². The minimum Gasteiger partial charge on any atom is -0.489 e. The Morgan fingerprint density at radius 2 is 2.27 bits per heavy atom. The molecule has 0 radical (unpaired) electrons. The van der Waals surface area contributed by atoms with Gasteiger partial charge >= 0.3 is 0 Å². The van der Waals surface area contributed by atoms with Gasteiger partial charge in [0.2, 0.25) is 0 Å². The van der Waals surface area contributed by atoms with Crippen LogP contribution in [0.1, 0.15) is 10.4 Å². The SMILES string of the molecule is CN1CCOc2cc(N)c(C(N)=O)cc21. The third-order valence-corrected chi connectivity index (χ3v) is 2.49. The Bertz CT molecular complexity index is 417. The maximum atomic E-state index is 11.1. The molecular weight excluding hydrogens is 194 g/mol. The van der Waals surface area contributed by atoms with Crippen LogP contribution in [-0.2, 0) is 0 Å². The third-order valence-electron chi connectivity index (χ3n) is 2.49. The molecule has 1 heterocycles. The number of nitrogens with zero attached hydrogens (tertiary/aromatic N) is 1. The summed E-state index contributed by atoms with van der Waals surface area (Å²) < 4.78 is 5.44. The molecule has 0 spiro atoms. The lowest BCUT2D eigenvalue weighted by Crippen LogP contribution is -2.29. The first-order valence-electron chi connectivity index (χ1n) is 4.67. The Kier molecular flexibility index (Phi) is 2.15. The molecule has 0 bridgehead atoms. The predicted octanol–water partition coefficient (Wildman–Crippen LogP) is 0.196. The second-order valence-corrected chi connectivity index (χ2v) is 3.54. The fourth-order valence-electron chi connectivity index (χ4n) is 1.62. The van der Waals surface area contributed by atoms with Crippen LogP contribution in [0.2, 0.25) is 0 Å². The van der Waals surface area contributed by atoms with Crippen molar-refractivity contribution in [3.05, 3.63) is 17.7 Å². The van der Waals surface area contributed by atoms with Crippen molar-refractivity contribution >= 4 is 17.3 Å². The molecule has 15 heavy (non-hydrogen) atoms. The third kappa shape index (κ3) is 1.56. The molecule has 0 saturated heterocycles. The molecule has 1 aromatic rings. The molecule has 80 valence electrons. The smallest absolute Gasteiger partial charge is 0.250 e. The van der Waals surface area contributed by atoms with Crippen LogP contribution in [0.4, 0.5) is 11.4 Å². The monoisotopic (exact) mass is 207 g/mol. The summed E-state index contributed by atoms with van der Waals surface area (Å²) in [6, 6.07) is 3.32. The average Bonchev–Trinajstić information content (AvgIpc) is 2.16. The summed E-state index contributed by atoms with van der Waals surface area (Å²) in [7, 11) is 1.93. The number of nitrogen functional groups attached to an aromatic ring is 1. The maximum absolute atomic E-state index is 11.1. The van der Waals surface area contributed by atoms with E-state index in [-0.39, 0.29) is 0 Å².